The maximum atomic E-state index is 13.0. The van der Waals surface area contributed by atoms with Crippen LogP contribution in [0.2, 0.25) is 5.02 Å². The van der Waals surface area contributed by atoms with Crippen molar-refractivity contribution >= 4 is 23.4 Å². The molecule has 0 bridgehead atoms. The minimum absolute atomic E-state index is 0.0689. The van der Waals surface area contributed by atoms with Gasteiger partial charge in [0.05, 0.1) is 6.61 Å². The number of carbonyl (C=O) groups is 2. The molecule has 2 rings (SSSR count). The maximum absolute atomic E-state index is 13.0. The molecule has 0 aliphatic carbocycles. The molecule has 1 N–H and O–H groups in total. The summed E-state index contributed by atoms with van der Waals surface area (Å²) in [5.41, 5.74) is 2.11. The van der Waals surface area contributed by atoms with Crippen LogP contribution in [0.1, 0.15) is 50.7 Å². The Morgan fingerprint density at radius 2 is 1.74 bits per heavy atom. The van der Waals surface area contributed by atoms with Gasteiger partial charge in [0.1, 0.15) is 11.8 Å². The van der Waals surface area contributed by atoms with Crippen LogP contribution in [0.25, 0.3) is 0 Å². The van der Waals surface area contributed by atoms with E-state index in [1.165, 1.54) is 5.56 Å². The van der Waals surface area contributed by atoms with E-state index in [1.807, 2.05) is 43.3 Å². The summed E-state index contributed by atoms with van der Waals surface area (Å²) in [5, 5.41) is 3.57. The largest absolute Gasteiger partial charge is 0.494 e. The molecule has 0 spiro atoms. The molecular formula is C25H33ClN2O3. The van der Waals surface area contributed by atoms with Gasteiger partial charge >= 0.3 is 0 Å². The van der Waals surface area contributed by atoms with Crippen molar-refractivity contribution in [2.45, 2.75) is 59.0 Å². The van der Waals surface area contributed by atoms with Crippen molar-refractivity contribution in [1.29, 1.82) is 0 Å². The molecule has 0 heterocycles. The Kier molecular flexibility index (Phi) is 10.4. The van der Waals surface area contributed by atoms with E-state index < -0.39 is 6.04 Å². The average Bonchev–Trinajstić information content (AvgIpc) is 2.77. The van der Waals surface area contributed by atoms with E-state index in [9.17, 15) is 9.59 Å². The smallest absolute Gasteiger partial charge is 0.242 e. The molecule has 0 radical (unpaired) electrons. The highest BCUT2D eigenvalue weighted by Gasteiger charge is 2.25. The van der Waals surface area contributed by atoms with E-state index in [2.05, 4.69) is 12.2 Å². The molecular weight excluding hydrogens is 412 g/mol. The number of aryl methyl sites for hydroxylation is 1. The van der Waals surface area contributed by atoms with Gasteiger partial charge in [0, 0.05) is 24.5 Å². The lowest BCUT2D eigenvalue weighted by molar-refractivity contribution is -0.140. The highest BCUT2D eigenvalue weighted by atomic mass is 35.5. The molecule has 2 aromatic rings. The number of hydrogen-bond acceptors (Lipinski definition) is 3. The Balaban J connectivity index is 1.96. The minimum Gasteiger partial charge on any atom is -0.494 e. The molecule has 0 aliphatic heterocycles. The van der Waals surface area contributed by atoms with Crippen LogP contribution in [0, 0.1) is 6.92 Å². The summed E-state index contributed by atoms with van der Waals surface area (Å²) < 4.78 is 5.73. The first-order valence-electron chi connectivity index (χ1n) is 10.9. The van der Waals surface area contributed by atoms with Crippen LogP contribution in [0.3, 0.4) is 0 Å². The van der Waals surface area contributed by atoms with Crippen molar-refractivity contribution in [2.75, 3.05) is 13.2 Å². The van der Waals surface area contributed by atoms with Crippen molar-refractivity contribution in [3.63, 3.8) is 0 Å². The third kappa shape index (κ3) is 8.62. The van der Waals surface area contributed by atoms with Crippen LogP contribution in [0.4, 0.5) is 0 Å². The number of unbranched alkanes of at least 4 members (excludes halogenated alkanes) is 1. The van der Waals surface area contributed by atoms with Gasteiger partial charge in [-0.05, 0) is 56.5 Å². The number of carbonyl (C=O) groups excluding carboxylic acids is 2. The van der Waals surface area contributed by atoms with Crippen LogP contribution < -0.4 is 10.1 Å². The van der Waals surface area contributed by atoms with Gasteiger partial charge in [-0.2, -0.15) is 0 Å². The standard InChI is InChI=1S/C25H33ClN2O3/c1-4-5-16-27-25(30)20(3)28(18-21-10-12-22(26)13-11-21)24(29)7-6-17-31-23-14-8-19(2)9-15-23/h8-15,20H,4-7,16-18H2,1-3H3,(H,27,30)/t20-/m0/s1. The Morgan fingerprint density at radius 3 is 2.39 bits per heavy atom. The van der Waals surface area contributed by atoms with Crippen LogP contribution in [0.15, 0.2) is 48.5 Å². The maximum Gasteiger partial charge on any atom is 0.242 e. The van der Waals surface area contributed by atoms with Crippen molar-refractivity contribution in [1.82, 2.24) is 10.2 Å². The SMILES string of the molecule is CCCCNC(=O)[C@H](C)N(Cc1ccc(Cl)cc1)C(=O)CCCOc1ccc(C)cc1. The van der Waals surface area contributed by atoms with E-state index >= 15 is 0 Å². The molecule has 0 aliphatic rings. The summed E-state index contributed by atoms with van der Waals surface area (Å²) >= 11 is 5.98. The van der Waals surface area contributed by atoms with Crippen molar-refractivity contribution in [3.8, 4) is 5.75 Å². The first kappa shape index (κ1) is 24.7. The first-order valence-corrected chi connectivity index (χ1v) is 11.3. The number of hydrogen-bond donors (Lipinski definition) is 1. The van der Waals surface area contributed by atoms with Crippen LogP contribution in [-0.2, 0) is 16.1 Å². The second kappa shape index (κ2) is 13.0. The fourth-order valence-corrected chi connectivity index (χ4v) is 3.22. The zero-order chi connectivity index (χ0) is 22.6. The minimum atomic E-state index is -0.557. The predicted molar refractivity (Wildman–Crippen MR) is 125 cm³/mol. The molecule has 0 aromatic heterocycles. The van der Waals surface area contributed by atoms with E-state index in [0.29, 0.717) is 37.6 Å². The second-order valence-corrected chi connectivity index (χ2v) is 8.17. The lowest BCUT2D eigenvalue weighted by Gasteiger charge is -2.29. The van der Waals surface area contributed by atoms with Crippen LogP contribution in [0.5, 0.6) is 5.75 Å². The van der Waals surface area contributed by atoms with E-state index in [-0.39, 0.29) is 11.8 Å². The van der Waals surface area contributed by atoms with Gasteiger partial charge in [0.15, 0.2) is 0 Å². The Labute approximate surface area is 190 Å². The number of rotatable bonds is 12. The molecule has 2 aromatic carbocycles. The summed E-state index contributed by atoms with van der Waals surface area (Å²) in [6, 6.07) is 14.6. The third-order valence-corrected chi connectivity index (χ3v) is 5.34. The van der Waals surface area contributed by atoms with Crippen molar-refractivity contribution in [2.24, 2.45) is 0 Å². The zero-order valence-corrected chi connectivity index (χ0v) is 19.5. The molecule has 168 valence electrons. The van der Waals surface area contributed by atoms with Gasteiger partial charge in [-0.25, -0.2) is 0 Å². The highest BCUT2D eigenvalue weighted by molar-refractivity contribution is 6.30. The van der Waals surface area contributed by atoms with E-state index in [1.54, 1.807) is 24.0 Å². The van der Waals surface area contributed by atoms with Gasteiger partial charge in [-0.3, -0.25) is 9.59 Å². The third-order valence-electron chi connectivity index (χ3n) is 5.09. The molecule has 2 amide bonds. The zero-order valence-electron chi connectivity index (χ0n) is 18.7. The Hall–Kier alpha value is -2.53. The normalized spacial score (nSPS) is 11.6. The number of nitrogens with zero attached hydrogens (tertiary/aromatic N) is 1. The number of halogens is 1. The van der Waals surface area contributed by atoms with E-state index in [4.69, 9.17) is 16.3 Å². The van der Waals surface area contributed by atoms with Crippen LogP contribution >= 0.6 is 11.6 Å². The molecule has 0 unspecified atom stereocenters. The number of ether oxygens (including phenoxy) is 1. The van der Waals surface area contributed by atoms with Gasteiger partial charge in [0.2, 0.25) is 11.8 Å². The fraction of sp³-hybridized carbons (Fsp3) is 0.440. The summed E-state index contributed by atoms with van der Waals surface area (Å²) in [4.78, 5) is 27.2. The summed E-state index contributed by atoms with van der Waals surface area (Å²) in [6.07, 6.45) is 2.81. The van der Waals surface area contributed by atoms with Gasteiger partial charge in [-0.1, -0.05) is 54.8 Å². The first-order chi connectivity index (χ1) is 14.9. The topological polar surface area (TPSA) is 58.6 Å². The van der Waals surface area contributed by atoms with Gasteiger partial charge in [-0.15, -0.1) is 0 Å². The fourth-order valence-electron chi connectivity index (χ4n) is 3.10. The molecule has 5 nitrogen and oxygen atoms in total. The number of amides is 2. The second-order valence-electron chi connectivity index (χ2n) is 7.73. The average molecular weight is 445 g/mol. The lowest BCUT2D eigenvalue weighted by Crippen LogP contribution is -2.47. The van der Waals surface area contributed by atoms with Crippen molar-refractivity contribution in [3.05, 3.63) is 64.7 Å². The number of nitrogens with one attached hydrogen (secondary N) is 1. The van der Waals surface area contributed by atoms with E-state index in [0.717, 1.165) is 24.2 Å². The molecule has 0 fully saturated rings. The van der Waals surface area contributed by atoms with Gasteiger partial charge < -0.3 is 15.0 Å². The Morgan fingerprint density at radius 1 is 1.06 bits per heavy atom. The summed E-state index contributed by atoms with van der Waals surface area (Å²) in [7, 11) is 0. The summed E-state index contributed by atoms with van der Waals surface area (Å²) in [6.45, 7) is 7.30. The molecule has 0 saturated carbocycles. The summed E-state index contributed by atoms with van der Waals surface area (Å²) in [5.74, 6) is 0.590. The predicted octanol–water partition coefficient (Wildman–Crippen LogP) is 5.14. The van der Waals surface area contributed by atoms with Crippen molar-refractivity contribution < 1.29 is 14.3 Å². The quantitative estimate of drug-likeness (QED) is 0.461. The van der Waals surface area contributed by atoms with Gasteiger partial charge in [0.25, 0.3) is 0 Å². The monoisotopic (exact) mass is 444 g/mol. The number of benzene rings is 2. The molecule has 0 saturated heterocycles. The molecule has 31 heavy (non-hydrogen) atoms. The lowest BCUT2D eigenvalue weighted by atomic mass is 10.1. The molecule has 6 heteroatoms. The Bertz CT molecular complexity index is 822. The van der Waals surface area contributed by atoms with Crippen LogP contribution in [-0.4, -0.2) is 35.9 Å². The highest BCUT2D eigenvalue weighted by Crippen LogP contribution is 2.16. The molecule has 1 atom stereocenters.